The number of benzene rings is 3. The summed E-state index contributed by atoms with van der Waals surface area (Å²) in [4.78, 5) is 17.3. The predicted octanol–water partition coefficient (Wildman–Crippen LogP) is 5.81. The predicted molar refractivity (Wildman–Crippen MR) is 131 cm³/mol. The van der Waals surface area contributed by atoms with Gasteiger partial charge in [0.1, 0.15) is 11.6 Å². The SMILES string of the molecule is Cc1ccc(OCCCn2c(CNC(=O)c3ccc(Br)cc3)nc3ccccc32)cc1C. The van der Waals surface area contributed by atoms with E-state index in [0.717, 1.165) is 40.0 Å². The van der Waals surface area contributed by atoms with E-state index in [-0.39, 0.29) is 5.91 Å². The summed E-state index contributed by atoms with van der Waals surface area (Å²) in [6.07, 6.45) is 0.834. The molecular formula is C26H26BrN3O2. The average molecular weight is 492 g/mol. The number of carbonyl (C=O) groups excluding carboxylic acids is 1. The number of ether oxygens (including phenoxy) is 1. The number of aryl methyl sites for hydroxylation is 3. The van der Waals surface area contributed by atoms with Crippen molar-refractivity contribution in [3.8, 4) is 5.75 Å². The number of nitrogens with one attached hydrogen (secondary N) is 1. The van der Waals surface area contributed by atoms with Crippen LogP contribution in [0.3, 0.4) is 0 Å². The zero-order valence-corrected chi connectivity index (χ0v) is 19.9. The second-order valence-corrected chi connectivity index (χ2v) is 8.72. The van der Waals surface area contributed by atoms with E-state index < -0.39 is 0 Å². The number of hydrogen-bond acceptors (Lipinski definition) is 3. The van der Waals surface area contributed by atoms with Gasteiger partial charge in [-0.2, -0.15) is 0 Å². The number of carbonyl (C=O) groups is 1. The van der Waals surface area contributed by atoms with Crippen molar-refractivity contribution >= 4 is 32.9 Å². The molecule has 5 nitrogen and oxygen atoms in total. The third-order valence-electron chi connectivity index (χ3n) is 5.52. The van der Waals surface area contributed by atoms with Crippen molar-refractivity contribution in [1.82, 2.24) is 14.9 Å². The standard InChI is InChI=1S/C26H26BrN3O2/c1-18-8-13-22(16-19(18)2)32-15-5-14-30-24-7-4-3-6-23(24)29-25(30)17-28-26(31)20-9-11-21(27)12-10-20/h3-4,6-13,16H,5,14-15,17H2,1-2H3,(H,28,31). The van der Waals surface area contributed by atoms with Gasteiger partial charge in [-0.05, 0) is 79.9 Å². The molecule has 0 aliphatic heterocycles. The molecule has 0 saturated heterocycles. The molecule has 0 aliphatic rings. The van der Waals surface area contributed by atoms with Crippen LogP contribution in [-0.2, 0) is 13.1 Å². The monoisotopic (exact) mass is 491 g/mol. The first-order valence-corrected chi connectivity index (χ1v) is 11.5. The Morgan fingerprint density at radius 2 is 1.81 bits per heavy atom. The number of halogens is 1. The quantitative estimate of drug-likeness (QED) is 0.316. The zero-order chi connectivity index (χ0) is 22.5. The van der Waals surface area contributed by atoms with Gasteiger partial charge in [0.15, 0.2) is 0 Å². The van der Waals surface area contributed by atoms with Gasteiger partial charge in [-0.1, -0.05) is 34.1 Å². The van der Waals surface area contributed by atoms with Crippen LogP contribution in [0.15, 0.2) is 71.2 Å². The lowest BCUT2D eigenvalue weighted by Crippen LogP contribution is -2.25. The van der Waals surface area contributed by atoms with Crippen LogP contribution in [0.2, 0.25) is 0 Å². The normalized spacial score (nSPS) is 11.0. The highest BCUT2D eigenvalue weighted by atomic mass is 79.9. The van der Waals surface area contributed by atoms with E-state index in [0.29, 0.717) is 18.7 Å². The number of para-hydroxylation sites is 2. The first-order valence-electron chi connectivity index (χ1n) is 10.7. The second kappa shape index (κ2) is 10.0. The maximum atomic E-state index is 12.5. The van der Waals surface area contributed by atoms with E-state index in [2.05, 4.69) is 57.9 Å². The molecule has 1 N–H and O–H groups in total. The van der Waals surface area contributed by atoms with Gasteiger partial charge in [0.05, 0.1) is 24.2 Å². The summed E-state index contributed by atoms with van der Waals surface area (Å²) < 4.78 is 9.06. The Hall–Kier alpha value is -3.12. The second-order valence-electron chi connectivity index (χ2n) is 7.81. The maximum absolute atomic E-state index is 12.5. The Morgan fingerprint density at radius 1 is 1.03 bits per heavy atom. The number of rotatable bonds is 8. The summed E-state index contributed by atoms with van der Waals surface area (Å²) in [7, 11) is 0. The highest BCUT2D eigenvalue weighted by Gasteiger charge is 2.12. The Morgan fingerprint density at radius 3 is 2.59 bits per heavy atom. The lowest BCUT2D eigenvalue weighted by Gasteiger charge is -2.12. The molecule has 1 heterocycles. The average Bonchev–Trinajstić information content (AvgIpc) is 3.15. The molecule has 0 radical (unpaired) electrons. The van der Waals surface area contributed by atoms with E-state index in [4.69, 9.17) is 9.72 Å². The highest BCUT2D eigenvalue weighted by Crippen LogP contribution is 2.19. The molecule has 3 aromatic carbocycles. The lowest BCUT2D eigenvalue weighted by molar-refractivity contribution is 0.0949. The fourth-order valence-corrected chi connectivity index (χ4v) is 3.85. The van der Waals surface area contributed by atoms with Crippen molar-refractivity contribution in [3.05, 3.63) is 93.7 Å². The fraction of sp³-hybridized carbons (Fsp3) is 0.231. The van der Waals surface area contributed by atoms with Crippen LogP contribution in [0.4, 0.5) is 0 Å². The van der Waals surface area contributed by atoms with Crippen molar-refractivity contribution in [2.75, 3.05) is 6.61 Å². The summed E-state index contributed by atoms with van der Waals surface area (Å²) in [6, 6.07) is 21.5. The summed E-state index contributed by atoms with van der Waals surface area (Å²) in [5, 5.41) is 3.00. The van der Waals surface area contributed by atoms with E-state index >= 15 is 0 Å². The van der Waals surface area contributed by atoms with Crippen LogP contribution in [0.1, 0.15) is 33.7 Å². The number of hydrogen-bond donors (Lipinski definition) is 1. The largest absolute Gasteiger partial charge is 0.494 e. The number of amides is 1. The number of nitrogens with zero attached hydrogens (tertiary/aromatic N) is 2. The first kappa shape index (κ1) is 22.1. The molecule has 0 fully saturated rings. The molecule has 4 rings (SSSR count). The van der Waals surface area contributed by atoms with Crippen molar-refractivity contribution < 1.29 is 9.53 Å². The van der Waals surface area contributed by atoms with Crippen LogP contribution >= 0.6 is 15.9 Å². The molecule has 0 saturated carbocycles. The summed E-state index contributed by atoms with van der Waals surface area (Å²) in [5.41, 5.74) is 5.10. The minimum atomic E-state index is -0.116. The van der Waals surface area contributed by atoms with E-state index in [1.165, 1.54) is 11.1 Å². The van der Waals surface area contributed by atoms with Crippen molar-refractivity contribution in [1.29, 1.82) is 0 Å². The van der Waals surface area contributed by atoms with Crippen LogP contribution in [-0.4, -0.2) is 22.1 Å². The Kier molecular flexibility index (Phi) is 6.90. The molecule has 32 heavy (non-hydrogen) atoms. The number of aromatic nitrogens is 2. The highest BCUT2D eigenvalue weighted by molar-refractivity contribution is 9.10. The Bertz CT molecular complexity index is 1230. The van der Waals surface area contributed by atoms with Gasteiger partial charge in [-0.15, -0.1) is 0 Å². The molecule has 164 valence electrons. The molecule has 4 aromatic rings. The van der Waals surface area contributed by atoms with Crippen LogP contribution < -0.4 is 10.1 Å². The summed E-state index contributed by atoms with van der Waals surface area (Å²) in [5.74, 6) is 1.61. The lowest BCUT2D eigenvalue weighted by atomic mass is 10.1. The van der Waals surface area contributed by atoms with Crippen molar-refractivity contribution in [2.24, 2.45) is 0 Å². The Balaban J connectivity index is 1.42. The van der Waals surface area contributed by atoms with E-state index in [1.54, 1.807) is 12.1 Å². The molecule has 0 bridgehead atoms. The van der Waals surface area contributed by atoms with Gasteiger partial charge in [0.2, 0.25) is 0 Å². The first-order chi connectivity index (χ1) is 15.5. The molecule has 0 spiro atoms. The van der Waals surface area contributed by atoms with Gasteiger partial charge in [-0.25, -0.2) is 4.98 Å². The van der Waals surface area contributed by atoms with Gasteiger partial charge in [-0.3, -0.25) is 4.79 Å². The van der Waals surface area contributed by atoms with Crippen molar-refractivity contribution in [3.63, 3.8) is 0 Å². The Labute approximate surface area is 196 Å². The summed E-state index contributed by atoms with van der Waals surface area (Å²) in [6.45, 7) is 5.92. The van der Waals surface area contributed by atoms with Gasteiger partial charge < -0.3 is 14.6 Å². The molecule has 6 heteroatoms. The third kappa shape index (κ3) is 5.19. The van der Waals surface area contributed by atoms with Gasteiger partial charge in [0.25, 0.3) is 5.91 Å². The number of imidazole rings is 1. The molecule has 0 atom stereocenters. The van der Waals surface area contributed by atoms with Crippen LogP contribution in [0, 0.1) is 13.8 Å². The van der Waals surface area contributed by atoms with E-state index in [1.807, 2.05) is 36.4 Å². The topological polar surface area (TPSA) is 56.1 Å². The number of fused-ring (bicyclic) bond motifs is 1. The molecule has 0 unspecified atom stereocenters. The van der Waals surface area contributed by atoms with Gasteiger partial charge >= 0.3 is 0 Å². The zero-order valence-electron chi connectivity index (χ0n) is 18.3. The van der Waals surface area contributed by atoms with Crippen molar-refractivity contribution in [2.45, 2.75) is 33.4 Å². The molecular weight excluding hydrogens is 466 g/mol. The summed E-state index contributed by atoms with van der Waals surface area (Å²) >= 11 is 3.40. The fourth-order valence-electron chi connectivity index (χ4n) is 3.59. The van der Waals surface area contributed by atoms with Crippen LogP contribution in [0.5, 0.6) is 5.75 Å². The molecule has 1 aromatic heterocycles. The van der Waals surface area contributed by atoms with Gasteiger partial charge in [0, 0.05) is 16.6 Å². The smallest absolute Gasteiger partial charge is 0.251 e. The molecule has 0 aliphatic carbocycles. The third-order valence-corrected chi connectivity index (χ3v) is 6.05. The minimum Gasteiger partial charge on any atom is -0.494 e. The van der Waals surface area contributed by atoms with E-state index in [9.17, 15) is 4.79 Å². The molecule has 1 amide bonds. The maximum Gasteiger partial charge on any atom is 0.251 e. The van der Waals surface area contributed by atoms with Crippen LogP contribution in [0.25, 0.3) is 11.0 Å². The minimum absolute atomic E-state index is 0.116.